The number of methoxy groups -OCH3 is 1. The van der Waals surface area contributed by atoms with E-state index in [4.69, 9.17) is 9.47 Å². The van der Waals surface area contributed by atoms with E-state index in [-0.39, 0.29) is 5.57 Å². The number of ether oxygens (including phenoxy) is 2. The molecule has 1 N–H and O–H groups in total. The second kappa shape index (κ2) is 9.62. The molecule has 7 nitrogen and oxygen atoms in total. The van der Waals surface area contributed by atoms with Crippen LogP contribution in [0, 0.1) is 13.8 Å². The van der Waals surface area contributed by atoms with Crippen LogP contribution in [0.5, 0.6) is 11.5 Å². The Kier molecular flexibility index (Phi) is 6.45. The van der Waals surface area contributed by atoms with Crippen LogP contribution in [0.15, 0.2) is 72.3 Å². The van der Waals surface area contributed by atoms with Gasteiger partial charge < -0.3 is 9.47 Å². The van der Waals surface area contributed by atoms with E-state index in [0.29, 0.717) is 29.4 Å². The highest BCUT2D eigenvalue weighted by Crippen LogP contribution is 2.29. The first-order valence-corrected chi connectivity index (χ1v) is 10.7. The first-order chi connectivity index (χ1) is 16.4. The lowest BCUT2D eigenvalue weighted by molar-refractivity contribution is -0.122. The SMILES string of the molecule is COc1ccc(/C=C2\C(=O)NC(=O)N(c3ccccc3)C2=O)c(OCc2ccc(C)c(C)c2)c1. The lowest BCUT2D eigenvalue weighted by Crippen LogP contribution is -2.54. The van der Waals surface area contributed by atoms with Gasteiger partial charge >= 0.3 is 6.03 Å². The number of urea groups is 1. The van der Waals surface area contributed by atoms with Crippen molar-refractivity contribution in [1.29, 1.82) is 0 Å². The molecule has 34 heavy (non-hydrogen) atoms. The maximum atomic E-state index is 13.1. The Bertz CT molecular complexity index is 1300. The minimum atomic E-state index is -0.792. The first-order valence-electron chi connectivity index (χ1n) is 10.7. The highest BCUT2D eigenvalue weighted by molar-refractivity contribution is 6.39. The van der Waals surface area contributed by atoms with Crippen molar-refractivity contribution < 1.29 is 23.9 Å². The van der Waals surface area contributed by atoms with Gasteiger partial charge in [0, 0.05) is 11.6 Å². The van der Waals surface area contributed by atoms with Crippen molar-refractivity contribution in [2.24, 2.45) is 0 Å². The van der Waals surface area contributed by atoms with E-state index in [1.807, 2.05) is 26.0 Å². The first kappa shape index (κ1) is 22.8. The second-order valence-electron chi connectivity index (χ2n) is 7.90. The quantitative estimate of drug-likeness (QED) is 0.434. The number of hydrogen-bond donors (Lipinski definition) is 1. The van der Waals surface area contributed by atoms with Crippen LogP contribution < -0.4 is 19.7 Å². The van der Waals surface area contributed by atoms with Crippen molar-refractivity contribution in [3.05, 3.63) is 94.6 Å². The van der Waals surface area contributed by atoms with Crippen molar-refractivity contribution in [3.8, 4) is 11.5 Å². The third-order valence-electron chi connectivity index (χ3n) is 5.60. The number of nitrogens with one attached hydrogen (secondary N) is 1. The molecule has 1 saturated heterocycles. The van der Waals surface area contributed by atoms with Gasteiger partial charge in [-0.1, -0.05) is 36.4 Å². The molecule has 4 rings (SSSR count). The number of carbonyl (C=O) groups excluding carboxylic acids is 3. The smallest absolute Gasteiger partial charge is 0.335 e. The Labute approximate surface area is 197 Å². The minimum absolute atomic E-state index is 0.176. The van der Waals surface area contributed by atoms with Crippen molar-refractivity contribution in [2.75, 3.05) is 12.0 Å². The van der Waals surface area contributed by atoms with Crippen molar-refractivity contribution >= 4 is 29.6 Å². The molecule has 1 aliphatic heterocycles. The third-order valence-corrected chi connectivity index (χ3v) is 5.60. The fourth-order valence-corrected chi connectivity index (χ4v) is 3.56. The zero-order valence-electron chi connectivity index (χ0n) is 19.1. The van der Waals surface area contributed by atoms with Gasteiger partial charge in [-0.15, -0.1) is 0 Å². The van der Waals surface area contributed by atoms with E-state index in [0.717, 1.165) is 16.0 Å². The van der Waals surface area contributed by atoms with E-state index in [1.54, 1.807) is 55.6 Å². The summed E-state index contributed by atoms with van der Waals surface area (Å²) in [4.78, 5) is 39.0. The summed E-state index contributed by atoms with van der Waals surface area (Å²) in [5, 5.41) is 2.23. The molecule has 0 unspecified atom stereocenters. The number of aryl methyl sites for hydroxylation is 2. The molecule has 0 radical (unpaired) electrons. The van der Waals surface area contributed by atoms with Gasteiger partial charge in [-0.2, -0.15) is 0 Å². The molecule has 3 aromatic carbocycles. The molecular weight excluding hydrogens is 432 g/mol. The van der Waals surface area contributed by atoms with Crippen molar-refractivity contribution in [3.63, 3.8) is 0 Å². The van der Waals surface area contributed by atoms with Gasteiger partial charge in [0.15, 0.2) is 0 Å². The standard InChI is InChI=1S/C27H24N2O5/c1-17-9-10-19(13-18(17)2)16-34-24-15-22(33-3)12-11-20(24)14-23-25(30)28-27(32)29(26(23)31)21-7-5-4-6-8-21/h4-15H,16H2,1-3H3,(H,28,30,32)/b23-14+. The van der Waals surface area contributed by atoms with E-state index >= 15 is 0 Å². The maximum absolute atomic E-state index is 13.1. The minimum Gasteiger partial charge on any atom is -0.497 e. The molecule has 0 atom stereocenters. The Morgan fingerprint density at radius 1 is 0.912 bits per heavy atom. The van der Waals surface area contributed by atoms with Crippen LogP contribution in [-0.2, 0) is 16.2 Å². The largest absolute Gasteiger partial charge is 0.497 e. The molecule has 1 fully saturated rings. The van der Waals surface area contributed by atoms with Crippen LogP contribution in [-0.4, -0.2) is 25.0 Å². The molecule has 0 spiro atoms. The van der Waals surface area contributed by atoms with E-state index < -0.39 is 17.8 Å². The normalized spacial score (nSPS) is 14.9. The summed E-state index contributed by atoms with van der Waals surface area (Å²) in [7, 11) is 1.54. The van der Waals surface area contributed by atoms with Crippen LogP contribution in [0.4, 0.5) is 10.5 Å². The molecule has 3 aromatic rings. The fourth-order valence-electron chi connectivity index (χ4n) is 3.56. The summed E-state index contributed by atoms with van der Waals surface area (Å²) in [6.07, 6.45) is 1.43. The number of amides is 4. The topological polar surface area (TPSA) is 84.9 Å². The van der Waals surface area contributed by atoms with Gasteiger partial charge in [-0.3, -0.25) is 14.9 Å². The molecule has 172 valence electrons. The van der Waals surface area contributed by atoms with Gasteiger partial charge in [-0.25, -0.2) is 9.69 Å². The number of carbonyl (C=O) groups is 3. The fraction of sp³-hybridized carbons (Fsp3) is 0.148. The summed E-state index contributed by atoms with van der Waals surface area (Å²) in [5.74, 6) is -0.472. The molecule has 1 heterocycles. The van der Waals surface area contributed by atoms with Gasteiger partial charge in [-0.05, 0) is 60.9 Å². The number of nitrogens with zero attached hydrogens (tertiary/aromatic N) is 1. The van der Waals surface area contributed by atoms with Gasteiger partial charge in [0.25, 0.3) is 11.8 Å². The summed E-state index contributed by atoms with van der Waals surface area (Å²) in [5.41, 5.74) is 4.02. The van der Waals surface area contributed by atoms with Crippen LogP contribution in [0.25, 0.3) is 6.08 Å². The summed E-state index contributed by atoms with van der Waals surface area (Å²) >= 11 is 0. The monoisotopic (exact) mass is 456 g/mol. The molecule has 0 aliphatic carbocycles. The number of imide groups is 2. The molecule has 4 amide bonds. The Balaban J connectivity index is 1.68. The van der Waals surface area contributed by atoms with Crippen molar-refractivity contribution in [2.45, 2.75) is 20.5 Å². The van der Waals surface area contributed by atoms with Crippen molar-refractivity contribution in [1.82, 2.24) is 5.32 Å². The average molecular weight is 456 g/mol. The van der Waals surface area contributed by atoms with Gasteiger partial charge in [0.1, 0.15) is 23.7 Å². The lowest BCUT2D eigenvalue weighted by atomic mass is 10.1. The summed E-state index contributed by atoms with van der Waals surface area (Å²) in [6, 6.07) is 18.8. The molecule has 0 saturated carbocycles. The number of para-hydroxylation sites is 1. The van der Waals surface area contributed by atoms with Crippen LogP contribution in [0.1, 0.15) is 22.3 Å². The van der Waals surface area contributed by atoms with Gasteiger partial charge in [0.2, 0.25) is 0 Å². The number of barbiturate groups is 1. The van der Waals surface area contributed by atoms with E-state index in [9.17, 15) is 14.4 Å². The zero-order chi connectivity index (χ0) is 24.2. The number of anilines is 1. The Morgan fingerprint density at radius 3 is 2.38 bits per heavy atom. The highest BCUT2D eigenvalue weighted by atomic mass is 16.5. The van der Waals surface area contributed by atoms with Gasteiger partial charge in [0.05, 0.1) is 12.8 Å². The average Bonchev–Trinajstić information content (AvgIpc) is 2.83. The number of rotatable bonds is 6. The molecule has 0 bridgehead atoms. The highest BCUT2D eigenvalue weighted by Gasteiger charge is 2.36. The van der Waals surface area contributed by atoms with Crippen LogP contribution in [0.3, 0.4) is 0 Å². The Hall–Kier alpha value is -4.39. The summed E-state index contributed by atoms with van der Waals surface area (Å²) < 4.78 is 11.4. The molecule has 0 aromatic heterocycles. The zero-order valence-corrected chi connectivity index (χ0v) is 19.1. The lowest BCUT2D eigenvalue weighted by Gasteiger charge is -2.26. The molecule has 1 aliphatic rings. The molecule has 7 heteroatoms. The third kappa shape index (κ3) is 4.68. The molecular formula is C27H24N2O5. The Morgan fingerprint density at radius 2 is 1.68 bits per heavy atom. The number of benzene rings is 3. The second-order valence-corrected chi connectivity index (χ2v) is 7.90. The van der Waals surface area contributed by atoms with Crippen LogP contribution >= 0.6 is 0 Å². The van der Waals surface area contributed by atoms with E-state index in [1.165, 1.54) is 11.6 Å². The van der Waals surface area contributed by atoms with Crippen LogP contribution in [0.2, 0.25) is 0 Å². The predicted molar refractivity (Wildman–Crippen MR) is 129 cm³/mol. The predicted octanol–water partition coefficient (Wildman–Crippen LogP) is 4.56. The van der Waals surface area contributed by atoms with E-state index in [2.05, 4.69) is 11.4 Å². The maximum Gasteiger partial charge on any atom is 0.335 e. The summed E-state index contributed by atoms with van der Waals surface area (Å²) in [6.45, 7) is 4.37. The number of hydrogen-bond acceptors (Lipinski definition) is 5.